The van der Waals surface area contributed by atoms with Crippen LogP contribution in [0.25, 0.3) is 11.3 Å². The molecule has 0 radical (unpaired) electrons. The minimum atomic E-state index is -2.84. The third-order valence-electron chi connectivity index (χ3n) is 4.46. The predicted molar refractivity (Wildman–Crippen MR) is 87.5 cm³/mol. The second kappa shape index (κ2) is 6.92. The molecule has 3 rings (SSSR count). The standard InChI is InChI=1S/C18H20F2N2O3/c1-12-4-3-5-13(8-12)16-15(21-11-25-16)17(23)22-7-6-18(19,20)14(9-22)10-24-2/h3-5,8,11,14H,6-7,9-10H2,1-2H3. The van der Waals surface area contributed by atoms with E-state index in [1.54, 1.807) is 0 Å². The van der Waals surface area contributed by atoms with Crippen LogP contribution in [0.5, 0.6) is 0 Å². The summed E-state index contributed by atoms with van der Waals surface area (Å²) in [5.41, 5.74) is 1.90. The summed E-state index contributed by atoms with van der Waals surface area (Å²) in [5.74, 6) is -3.91. The van der Waals surface area contributed by atoms with Crippen LogP contribution in [0.2, 0.25) is 0 Å². The van der Waals surface area contributed by atoms with Gasteiger partial charge in [0.1, 0.15) is 0 Å². The minimum Gasteiger partial charge on any atom is -0.443 e. The van der Waals surface area contributed by atoms with Crippen LogP contribution in [0, 0.1) is 12.8 Å². The number of aryl methyl sites for hydroxylation is 1. The van der Waals surface area contributed by atoms with Crippen molar-refractivity contribution in [3.8, 4) is 11.3 Å². The number of rotatable bonds is 4. The number of aromatic nitrogens is 1. The van der Waals surface area contributed by atoms with Gasteiger partial charge in [-0.3, -0.25) is 4.79 Å². The fourth-order valence-corrected chi connectivity index (χ4v) is 3.08. The molecule has 0 bridgehead atoms. The number of methoxy groups -OCH3 is 1. The highest BCUT2D eigenvalue weighted by molar-refractivity contribution is 5.97. The third-order valence-corrected chi connectivity index (χ3v) is 4.46. The lowest BCUT2D eigenvalue weighted by atomic mass is 9.94. The monoisotopic (exact) mass is 350 g/mol. The number of ether oxygens (including phenoxy) is 1. The first-order valence-corrected chi connectivity index (χ1v) is 8.09. The van der Waals surface area contributed by atoms with E-state index in [-0.39, 0.29) is 31.8 Å². The number of carbonyl (C=O) groups excluding carboxylic acids is 1. The van der Waals surface area contributed by atoms with Crippen LogP contribution >= 0.6 is 0 Å². The van der Waals surface area contributed by atoms with Crippen LogP contribution in [0.3, 0.4) is 0 Å². The van der Waals surface area contributed by atoms with Crippen molar-refractivity contribution in [1.82, 2.24) is 9.88 Å². The first-order valence-electron chi connectivity index (χ1n) is 8.09. The summed E-state index contributed by atoms with van der Waals surface area (Å²) < 4.78 is 38.2. The lowest BCUT2D eigenvalue weighted by Gasteiger charge is -2.37. The second-order valence-electron chi connectivity index (χ2n) is 6.31. The van der Waals surface area contributed by atoms with E-state index in [2.05, 4.69) is 4.98 Å². The molecule has 0 N–H and O–H groups in total. The zero-order valence-electron chi connectivity index (χ0n) is 14.2. The van der Waals surface area contributed by atoms with E-state index in [1.807, 2.05) is 31.2 Å². The van der Waals surface area contributed by atoms with E-state index >= 15 is 0 Å². The Morgan fingerprint density at radius 3 is 3.00 bits per heavy atom. The molecule has 134 valence electrons. The summed E-state index contributed by atoms with van der Waals surface area (Å²) in [4.78, 5) is 18.2. The summed E-state index contributed by atoms with van der Waals surface area (Å²) >= 11 is 0. The van der Waals surface area contributed by atoms with Gasteiger partial charge < -0.3 is 14.1 Å². The molecule has 0 aliphatic carbocycles. The Bertz CT molecular complexity index is 760. The molecule has 1 unspecified atom stereocenters. The number of hydrogen-bond acceptors (Lipinski definition) is 4. The molecule has 5 nitrogen and oxygen atoms in total. The summed E-state index contributed by atoms with van der Waals surface area (Å²) in [6.07, 6.45) is 0.820. The SMILES string of the molecule is COCC1CN(C(=O)c2ncoc2-c2cccc(C)c2)CCC1(F)F. The number of halogens is 2. The maximum Gasteiger partial charge on any atom is 0.276 e. The van der Waals surface area contributed by atoms with E-state index in [0.717, 1.165) is 11.1 Å². The molecule has 25 heavy (non-hydrogen) atoms. The normalized spacial score (nSPS) is 19.8. The van der Waals surface area contributed by atoms with E-state index in [0.29, 0.717) is 5.76 Å². The zero-order valence-corrected chi connectivity index (χ0v) is 14.2. The number of benzene rings is 1. The molecular weight excluding hydrogens is 330 g/mol. The van der Waals surface area contributed by atoms with Crippen LogP contribution in [-0.2, 0) is 4.74 Å². The second-order valence-corrected chi connectivity index (χ2v) is 6.31. The highest BCUT2D eigenvalue weighted by Gasteiger charge is 2.45. The van der Waals surface area contributed by atoms with E-state index in [1.165, 1.54) is 18.4 Å². The average Bonchev–Trinajstić information content (AvgIpc) is 3.06. The van der Waals surface area contributed by atoms with Gasteiger partial charge in [-0.25, -0.2) is 13.8 Å². The Morgan fingerprint density at radius 1 is 1.48 bits per heavy atom. The number of piperidine rings is 1. The van der Waals surface area contributed by atoms with Gasteiger partial charge in [-0.15, -0.1) is 0 Å². The molecule has 0 saturated carbocycles. The number of nitrogens with zero attached hydrogens (tertiary/aromatic N) is 2. The lowest BCUT2D eigenvalue weighted by molar-refractivity contribution is -0.118. The minimum absolute atomic E-state index is 0.0217. The smallest absolute Gasteiger partial charge is 0.276 e. The van der Waals surface area contributed by atoms with Crippen molar-refractivity contribution < 1.29 is 22.7 Å². The maximum absolute atomic E-state index is 14.0. The first-order chi connectivity index (χ1) is 11.9. The summed E-state index contributed by atoms with van der Waals surface area (Å²) in [6, 6.07) is 7.50. The molecule has 1 aliphatic heterocycles. The molecule has 1 amide bonds. The maximum atomic E-state index is 14.0. The van der Waals surface area contributed by atoms with Gasteiger partial charge in [0.25, 0.3) is 11.8 Å². The molecule has 0 spiro atoms. The fraction of sp³-hybridized carbons (Fsp3) is 0.444. The van der Waals surface area contributed by atoms with Gasteiger partial charge in [0.15, 0.2) is 17.8 Å². The molecule has 1 fully saturated rings. The summed E-state index contributed by atoms with van der Waals surface area (Å²) in [6.45, 7) is 1.75. The molecule has 1 aliphatic rings. The highest BCUT2D eigenvalue weighted by atomic mass is 19.3. The van der Waals surface area contributed by atoms with Crippen molar-refractivity contribution in [2.75, 3.05) is 26.8 Å². The Morgan fingerprint density at radius 2 is 2.28 bits per heavy atom. The third kappa shape index (κ3) is 3.56. The first kappa shape index (κ1) is 17.5. The van der Waals surface area contributed by atoms with Crippen molar-refractivity contribution in [2.24, 2.45) is 5.92 Å². The molecule has 1 atom stereocenters. The van der Waals surface area contributed by atoms with Crippen LogP contribution in [-0.4, -0.2) is 48.5 Å². The van der Waals surface area contributed by atoms with Crippen molar-refractivity contribution in [1.29, 1.82) is 0 Å². The molecule has 1 aromatic carbocycles. The fourth-order valence-electron chi connectivity index (χ4n) is 3.08. The Balaban J connectivity index is 1.84. The van der Waals surface area contributed by atoms with Gasteiger partial charge in [0.2, 0.25) is 0 Å². The van der Waals surface area contributed by atoms with Crippen molar-refractivity contribution in [2.45, 2.75) is 19.3 Å². The Kier molecular flexibility index (Phi) is 4.85. The molecule has 1 saturated heterocycles. The predicted octanol–water partition coefficient (Wildman–Crippen LogP) is 3.39. The zero-order chi connectivity index (χ0) is 18.0. The Hall–Kier alpha value is -2.28. The van der Waals surface area contributed by atoms with Gasteiger partial charge in [-0.1, -0.05) is 23.8 Å². The largest absolute Gasteiger partial charge is 0.443 e. The molecule has 1 aromatic heterocycles. The van der Waals surface area contributed by atoms with Crippen molar-refractivity contribution in [3.63, 3.8) is 0 Å². The number of oxazole rings is 1. The van der Waals surface area contributed by atoms with Crippen molar-refractivity contribution in [3.05, 3.63) is 41.9 Å². The van der Waals surface area contributed by atoms with E-state index < -0.39 is 17.7 Å². The summed E-state index contributed by atoms with van der Waals surface area (Å²) in [5, 5.41) is 0. The number of carbonyl (C=O) groups is 1. The molecular formula is C18H20F2N2O3. The van der Waals surface area contributed by atoms with Gasteiger partial charge >= 0.3 is 0 Å². The number of hydrogen-bond donors (Lipinski definition) is 0. The van der Waals surface area contributed by atoms with Crippen molar-refractivity contribution >= 4 is 5.91 Å². The van der Waals surface area contributed by atoms with Gasteiger partial charge in [0, 0.05) is 32.2 Å². The Labute approximate surface area is 144 Å². The molecule has 2 aromatic rings. The van der Waals surface area contributed by atoms with Crippen LogP contribution in [0.15, 0.2) is 35.1 Å². The quantitative estimate of drug-likeness (QED) is 0.848. The highest BCUT2D eigenvalue weighted by Crippen LogP contribution is 2.35. The number of likely N-dealkylation sites (tertiary alicyclic amines) is 1. The molecule has 2 heterocycles. The topological polar surface area (TPSA) is 55.6 Å². The van der Waals surface area contributed by atoms with Gasteiger partial charge in [-0.05, 0) is 13.0 Å². The van der Waals surface area contributed by atoms with Crippen LogP contribution in [0.1, 0.15) is 22.5 Å². The van der Waals surface area contributed by atoms with Crippen LogP contribution < -0.4 is 0 Å². The number of alkyl halides is 2. The molecule has 7 heteroatoms. The number of amides is 1. The van der Waals surface area contributed by atoms with Crippen LogP contribution in [0.4, 0.5) is 8.78 Å². The lowest BCUT2D eigenvalue weighted by Crippen LogP contribution is -2.50. The summed E-state index contributed by atoms with van der Waals surface area (Å²) in [7, 11) is 1.38. The van der Waals surface area contributed by atoms with Gasteiger partial charge in [0.05, 0.1) is 12.5 Å². The van der Waals surface area contributed by atoms with E-state index in [4.69, 9.17) is 9.15 Å². The van der Waals surface area contributed by atoms with E-state index in [9.17, 15) is 13.6 Å². The van der Waals surface area contributed by atoms with Gasteiger partial charge in [-0.2, -0.15) is 0 Å². The average molecular weight is 350 g/mol.